The van der Waals surface area contributed by atoms with Crippen LogP contribution in [0, 0.1) is 0 Å². The monoisotopic (exact) mass is 494 g/mol. The molecule has 1 heterocycles. The number of ether oxygens (including phenoxy) is 2. The van der Waals surface area contributed by atoms with E-state index in [-0.39, 0.29) is 11.7 Å². The molecule has 1 amide bonds. The van der Waals surface area contributed by atoms with Crippen molar-refractivity contribution in [2.45, 2.75) is 38.6 Å². The van der Waals surface area contributed by atoms with Gasteiger partial charge in [0.2, 0.25) is 5.91 Å². The molecule has 0 saturated carbocycles. The number of hydrogen-bond acceptors (Lipinski definition) is 6. The maximum Gasteiger partial charge on any atom is 0.234 e. The SMILES string of the molecule is CCOc1ccc(NC(=O)CSc2nnc(C(C)Oc3ccc(Cl)cc3Cl)n2CC)cc1. The maximum absolute atomic E-state index is 12.4. The minimum atomic E-state index is -0.395. The van der Waals surface area contributed by atoms with E-state index in [1.54, 1.807) is 30.3 Å². The van der Waals surface area contributed by atoms with Gasteiger partial charge in [-0.15, -0.1) is 10.2 Å². The van der Waals surface area contributed by atoms with E-state index in [0.717, 1.165) is 5.75 Å². The van der Waals surface area contributed by atoms with Crippen molar-refractivity contribution in [2.24, 2.45) is 0 Å². The minimum Gasteiger partial charge on any atom is -0.494 e. The highest BCUT2D eigenvalue weighted by Crippen LogP contribution is 2.31. The van der Waals surface area contributed by atoms with Crippen molar-refractivity contribution in [3.8, 4) is 11.5 Å². The lowest BCUT2D eigenvalue weighted by atomic mass is 10.3. The molecule has 1 unspecified atom stereocenters. The molecule has 0 fully saturated rings. The predicted molar refractivity (Wildman–Crippen MR) is 128 cm³/mol. The first kappa shape index (κ1) is 24.2. The van der Waals surface area contributed by atoms with E-state index in [2.05, 4.69) is 15.5 Å². The molecule has 0 aliphatic carbocycles. The van der Waals surface area contributed by atoms with Crippen molar-refractivity contribution in [1.29, 1.82) is 0 Å². The second-order valence-corrected chi connectivity index (χ2v) is 8.50. The summed E-state index contributed by atoms with van der Waals surface area (Å²) in [4.78, 5) is 12.4. The number of carbonyl (C=O) groups is 1. The van der Waals surface area contributed by atoms with Crippen LogP contribution >= 0.6 is 35.0 Å². The molecular weight excluding hydrogens is 471 g/mol. The van der Waals surface area contributed by atoms with Crippen LogP contribution in [-0.4, -0.2) is 33.0 Å². The molecular formula is C22H24Cl2N4O3S. The zero-order valence-electron chi connectivity index (χ0n) is 18.0. The molecule has 10 heteroatoms. The summed E-state index contributed by atoms with van der Waals surface area (Å²) in [6.07, 6.45) is -0.395. The lowest BCUT2D eigenvalue weighted by Crippen LogP contribution is -2.15. The van der Waals surface area contributed by atoms with E-state index in [9.17, 15) is 4.79 Å². The number of benzene rings is 2. The van der Waals surface area contributed by atoms with Gasteiger partial charge in [-0.3, -0.25) is 4.79 Å². The molecule has 32 heavy (non-hydrogen) atoms. The molecule has 1 N–H and O–H groups in total. The van der Waals surface area contributed by atoms with Crippen LogP contribution in [-0.2, 0) is 11.3 Å². The number of amides is 1. The van der Waals surface area contributed by atoms with Crippen LogP contribution < -0.4 is 14.8 Å². The molecule has 1 atom stereocenters. The Bertz CT molecular complexity index is 1060. The molecule has 0 aliphatic heterocycles. The molecule has 2 aromatic carbocycles. The molecule has 3 rings (SSSR count). The third-order valence-corrected chi connectivity index (χ3v) is 5.90. The van der Waals surface area contributed by atoms with Gasteiger partial charge in [0.05, 0.1) is 17.4 Å². The smallest absolute Gasteiger partial charge is 0.234 e. The molecule has 0 radical (unpaired) electrons. The van der Waals surface area contributed by atoms with Gasteiger partial charge in [0.1, 0.15) is 11.5 Å². The number of hydrogen-bond donors (Lipinski definition) is 1. The average molecular weight is 495 g/mol. The molecule has 0 bridgehead atoms. The Kier molecular flexibility index (Phi) is 8.67. The Balaban J connectivity index is 1.60. The van der Waals surface area contributed by atoms with Gasteiger partial charge in [-0.25, -0.2) is 0 Å². The van der Waals surface area contributed by atoms with Gasteiger partial charge in [-0.05, 0) is 63.2 Å². The molecule has 0 spiro atoms. The highest BCUT2D eigenvalue weighted by atomic mass is 35.5. The van der Waals surface area contributed by atoms with Crippen LogP contribution in [0.25, 0.3) is 0 Å². The number of halogens is 2. The average Bonchev–Trinajstić information content (AvgIpc) is 3.19. The minimum absolute atomic E-state index is 0.136. The third-order valence-electron chi connectivity index (χ3n) is 4.40. The molecule has 0 saturated heterocycles. The number of anilines is 1. The van der Waals surface area contributed by atoms with Gasteiger partial charge in [0.15, 0.2) is 17.1 Å². The number of carbonyl (C=O) groups excluding carboxylic acids is 1. The van der Waals surface area contributed by atoms with Crippen LogP contribution in [0.2, 0.25) is 10.0 Å². The lowest BCUT2D eigenvalue weighted by molar-refractivity contribution is -0.113. The Morgan fingerprint density at radius 1 is 1.16 bits per heavy atom. The van der Waals surface area contributed by atoms with Gasteiger partial charge in [0.25, 0.3) is 0 Å². The summed E-state index contributed by atoms with van der Waals surface area (Å²) in [6.45, 7) is 7.01. The Labute approximate surface area is 201 Å². The molecule has 170 valence electrons. The van der Waals surface area contributed by atoms with Gasteiger partial charge < -0.3 is 19.4 Å². The van der Waals surface area contributed by atoms with Crippen LogP contribution in [0.15, 0.2) is 47.6 Å². The van der Waals surface area contributed by atoms with E-state index in [0.29, 0.717) is 45.6 Å². The fourth-order valence-electron chi connectivity index (χ4n) is 2.95. The zero-order valence-corrected chi connectivity index (χ0v) is 20.3. The van der Waals surface area contributed by atoms with E-state index >= 15 is 0 Å². The van der Waals surface area contributed by atoms with E-state index in [4.69, 9.17) is 32.7 Å². The second-order valence-electron chi connectivity index (χ2n) is 6.71. The van der Waals surface area contributed by atoms with Gasteiger partial charge in [-0.1, -0.05) is 35.0 Å². The van der Waals surface area contributed by atoms with E-state index in [1.165, 1.54) is 11.8 Å². The van der Waals surface area contributed by atoms with E-state index < -0.39 is 6.10 Å². The summed E-state index contributed by atoms with van der Waals surface area (Å²) >= 11 is 13.5. The third kappa shape index (κ3) is 6.31. The summed E-state index contributed by atoms with van der Waals surface area (Å²) < 4.78 is 13.3. The van der Waals surface area contributed by atoms with Crippen molar-refractivity contribution >= 4 is 46.6 Å². The first-order valence-electron chi connectivity index (χ1n) is 10.1. The fourth-order valence-corrected chi connectivity index (χ4v) is 4.21. The van der Waals surface area contributed by atoms with Gasteiger partial charge in [0, 0.05) is 17.3 Å². The van der Waals surface area contributed by atoms with Crippen molar-refractivity contribution in [1.82, 2.24) is 14.8 Å². The first-order chi connectivity index (χ1) is 15.4. The normalized spacial score (nSPS) is 11.8. The van der Waals surface area contributed by atoms with Crippen molar-refractivity contribution in [3.63, 3.8) is 0 Å². The van der Waals surface area contributed by atoms with Crippen LogP contribution in [0.5, 0.6) is 11.5 Å². The van der Waals surface area contributed by atoms with Crippen molar-refractivity contribution in [3.05, 3.63) is 58.3 Å². The largest absolute Gasteiger partial charge is 0.494 e. The predicted octanol–water partition coefficient (Wildman–Crippen LogP) is 5.87. The summed E-state index contributed by atoms with van der Waals surface area (Å²) in [6, 6.07) is 12.3. The number of thioether (sulfide) groups is 1. The zero-order chi connectivity index (χ0) is 23.1. The number of nitrogens with one attached hydrogen (secondary N) is 1. The number of aromatic nitrogens is 3. The van der Waals surface area contributed by atoms with Crippen LogP contribution in [0.1, 0.15) is 32.7 Å². The number of rotatable bonds is 10. The summed E-state index contributed by atoms with van der Waals surface area (Å²) in [5.74, 6) is 1.98. The summed E-state index contributed by atoms with van der Waals surface area (Å²) in [5.41, 5.74) is 0.707. The fraction of sp³-hybridized carbons (Fsp3) is 0.318. The number of nitrogens with zero attached hydrogens (tertiary/aromatic N) is 3. The summed E-state index contributed by atoms with van der Waals surface area (Å²) in [5, 5.41) is 13.0. The molecule has 3 aromatic rings. The van der Waals surface area contributed by atoms with E-state index in [1.807, 2.05) is 37.5 Å². The quantitative estimate of drug-likeness (QED) is 0.354. The van der Waals surface area contributed by atoms with Gasteiger partial charge in [-0.2, -0.15) is 0 Å². The molecule has 7 nitrogen and oxygen atoms in total. The Morgan fingerprint density at radius 2 is 1.91 bits per heavy atom. The first-order valence-corrected chi connectivity index (χ1v) is 11.9. The maximum atomic E-state index is 12.4. The standard InChI is InChI=1S/C22H24Cl2N4O3S/c1-4-28-21(14(3)31-19-11-6-15(23)12-18(19)24)26-27-22(28)32-13-20(29)25-16-7-9-17(10-8-16)30-5-2/h6-12,14H,4-5,13H2,1-3H3,(H,25,29). The van der Waals surface area contributed by atoms with Crippen molar-refractivity contribution < 1.29 is 14.3 Å². The Hall–Kier alpha value is -2.42. The van der Waals surface area contributed by atoms with Crippen molar-refractivity contribution in [2.75, 3.05) is 17.7 Å². The van der Waals surface area contributed by atoms with Crippen LogP contribution in [0.3, 0.4) is 0 Å². The Morgan fingerprint density at radius 3 is 2.56 bits per heavy atom. The lowest BCUT2D eigenvalue weighted by Gasteiger charge is -2.16. The molecule has 1 aromatic heterocycles. The van der Waals surface area contributed by atoms with Crippen LogP contribution in [0.4, 0.5) is 5.69 Å². The highest BCUT2D eigenvalue weighted by molar-refractivity contribution is 7.99. The second kappa shape index (κ2) is 11.4. The topological polar surface area (TPSA) is 78.3 Å². The summed E-state index contributed by atoms with van der Waals surface area (Å²) in [7, 11) is 0. The molecule has 0 aliphatic rings. The highest BCUT2D eigenvalue weighted by Gasteiger charge is 2.20. The van der Waals surface area contributed by atoms with Gasteiger partial charge >= 0.3 is 0 Å².